The van der Waals surface area contributed by atoms with Crippen LogP contribution in [0.1, 0.15) is 23.0 Å². The molecule has 0 saturated heterocycles. The van der Waals surface area contributed by atoms with E-state index in [1.807, 2.05) is 0 Å². The molecule has 0 bridgehead atoms. The summed E-state index contributed by atoms with van der Waals surface area (Å²) in [6.45, 7) is 3.11. The van der Waals surface area contributed by atoms with Crippen LogP contribution in [0, 0.1) is 6.92 Å². The van der Waals surface area contributed by atoms with Gasteiger partial charge in [-0.05, 0) is 31.2 Å². The quantitative estimate of drug-likeness (QED) is 0.804. The highest BCUT2D eigenvalue weighted by atomic mass is 16.2. The van der Waals surface area contributed by atoms with Gasteiger partial charge in [0.2, 0.25) is 11.5 Å². The summed E-state index contributed by atoms with van der Waals surface area (Å²) in [5.74, 6) is -0.576. The smallest absolute Gasteiger partial charge is 0.255 e. The third-order valence-electron chi connectivity index (χ3n) is 2.68. The van der Waals surface area contributed by atoms with Crippen LogP contribution < -0.4 is 16.2 Å². The van der Waals surface area contributed by atoms with Crippen LogP contribution in [0.25, 0.3) is 0 Å². The number of anilines is 2. The minimum Gasteiger partial charge on any atom is -0.326 e. The van der Waals surface area contributed by atoms with E-state index in [2.05, 4.69) is 15.6 Å². The molecule has 2 amide bonds. The number of aromatic nitrogens is 1. The fraction of sp³-hybridized carbons (Fsp3) is 0.133. The predicted octanol–water partition coefficient (Wildman–Crippen LogP) is 1.89. The molecule has 0 aliphatic rings. The number of nitrogens with one attached hydrogen (secondary N) is 3. The van der Waals surface area contributed by atoms with Crippen LogP contribution in [-0.4, -0.2) is 16.8 Å². The van der Waals surface area contributed by atoms with Gasteiger partial charge in [0.25, 0.3) is 5.91 Å². The van der Waals surface area contributed by atoms with Gasteiger partial charge in [0.15, 0.2) is 0 Å². The van der Waals surface area contributed by atoms with Crippen molar-refractivity contribution in [1.82, 2.24) is 4.98 Å². The summed E-state index contributed by atoms with van der Waals surface area (Å²) < 4.78 is 0. The number of pyridine rings is 1. The van der Waals surface area contributed by atoms with E-state index in [9.17, 15) is 14.4 Å². The SMILES string of the molecule is CC(=O)Nc1cccc(NC(=O)c2cc(C)[nH]c(=O)c2)c1. The zero-order valence-electron chi connectivity index (χ0n) is 11.7. The van der Waals surface area contributed by atoms with Gasteiger partial charge >= 0.3 is 0 Å². The third kappa shape index (κ3) is 4.04. The van der Waals surface area contributed by atoms with Crippen molar-refractivity contribution >= 4 is 23.2 Å². The zero-order valence-corrected chi connectivity index (χ0v) is 11.7. The number of hydrogen-bond acceptors (Lipinski definition) is 3. The van der Waals surface area contributed by atoms with Crippen molar-refractivity contribution in [2.24, 2.45) is 0 Å². The molecule has 6 heteroatoms. The van der Waals surface area contributed by atoms with Crippen molar-refractivity contribution in [2.75, 3.05) is 10.6 Å². The molecule has 0 spiro atoms. The van der Waals surface area contributed by atoms with Crippen LogP contribution in [0.4, 0.5) is 11.4 Å². The molecule has 0 aliphatic carbocycles. The Morgan fingerprint density at radius 1 is 1.05 bits per heavy atom. The number of amides is 2. The molecule has 0 saturated carbocycles. The molecule has 0 radical (unpaired) electrons. The number of hydrogen-bond donors (Lipinski definition) is 3. The molecule has 0 unspecified atom stereocenters. The second kappa shape index (κ2) is 6.04. The lowest BCUT2D eigenvalue weighted by Gasteiger charge is -2.08. The number of carbonyl (C=O) groups is 2. The van der Waals surface area contributed by atoms with E-state index in [4.69, 9.17) is 0 Å². The van der Waals surface area contributed by atoms with E-state index < -0.39 is 0 Å². The van der Waals surface area contributed by atoms with Gasteiger partial charge in [-0.3, -0.25) is 14.4 Å². The molecule has 1 aromatic carbocycles. The second-order valence-corrected chi connectivity index (χ2v) is 4.63. The normalized spacial score (nSPS) is 10.0. The van der Waals surface area contributed by atoms with Gasteiger partial charge < -0.3 is 15.6 Å². The molecule has 2 rings (SSSR count). The first-order valence-electron chi connectivity index (χ1n) is 6.34. The number of aryl methyl sites for hydroxylation is 1. The number of carbonyl (C=O) groups excluding carboxylic acids is 2. The average Bonchev–Trinajstić information content (AvgIpc) is 2.37. The van der Waals surface area contributed by atoms with Gasteiger partial charge in [-0.2, -0.15) is 0 Å². The molecule has 3 N–H and O–H groups in total. The Hall–Kier alpha value is -2.89. The fourth-order valence-corrected chi connectivity index (χ4v) is 1.89. The zero-order chi connectivity index (χ0) is 15.4. The van der Waals surface area contributed by atoms with Crippen molar-refractivity contribution in [3.05, 3.63) is 58.0 Å². The summed E-state index contributed by atoms with van der Waals surface area (Å²) >= 11 is 0. The van der Waals surface area contributed by atoms with Crippen molar-refractivity contribution in [1.29, 1.82) is 0 Å². The van der Waals surface area contributed by atoms with Gasteiger partial charge in [0, 0.05) is 35.6 Å². The molecular formula is C15H15N3O3. The molecule has 6 nitrogen and oxygen atoms in total. The van der Waals surface area contributed by atoms with Gasteiger partial charge in [-0.15, -0.1) is 0 Å². The Morgan fingerprint density at radius 3 is 2.33 bits per heavy atom. The minimum absolute atomic E-state index is 0.191. The molecule has 108 valence electrons. The first-order chi connectivity index (χ1) is 9.94. The summed E-state index contributed by atoms with van der Waals surface area (Å²) in [6, 6.07) is 9.59. The lowest BCUT2D eigenvalue weighted by molar-refractivity contribution is -0.114. The van der Waals surface area contributed by atoms with Crippen molar-refractivity contribution in [2.45, 2.75) is 13.8 Å². The monoisotopic (exact) mass is 285 g/mol. The molecule has 1 heterocycles. The highest BCUT2D eigenvalue weighted by Crippen LogP contribution is 2.16. The van der Waals surface area contributed by atoms with E-state index in [0.29, 0.717) is 17.1 Å². The summed E-state index contributed by atoms with van der Waals surface area (Å²) in [4.78, 5) is 37.0. The maximum atomic E-state index is 12.1. The standard InChI is InChI=1S/C15H15N3O3/c1-9-6-11(7-14(20)16-9)15(21)18-13-5-3-4-12(8-13)17-10(2)19/h3-8H,1-2H3,(H,16,20)(H,17,19)(H,18,21). The summed E-state index contributed by atoms with van der Waals surface area (Å²) in [7, 11) is 0. The Morgan fingerprint density at radius 2 is 1.71 bits per heavy atom. The predicted molar refractivity (Wildman–Crippen MR) is 80.5 cm³/mol. The fourth-order valence-electron chi connectivity index (χ4n) is 1.89. The Balaban J connectivity index is 2.19. The van der Waals surface area contributed by atoms with Crippen LogP contribution in [0.3, 0.4) is 0 Å². The minimum atomic E-state index is -0.385. The highest BCUT2D eigenvalue weighted by molar-refractivity contribution is 6.04. The van der Waals surface area contributed by atoms with Crippen LogP contribution >= 0.6 is 0 Å². The van der Waals surface area contributed by atoms with Gasteiger partial charge in [-0.25, -0.2) is 0 Å². The van der Waals surface area contributed by atoms with E-state index in [1.165, 1.54) is 13.0 Å². The van der Waals surface area contributed by atoms with Crippen LogP contribution in [0.5, 0.6) is 0 Å². The van der Waals surface area contributed by atoms with Crippen molar-refractivity contribution in [3.8, 4) is 0 Å². The topological polar surface area (TPSA) is 91.1 Å². The lowest BCUT2D eigenvalue weighted by atomic mass is 10.2. The van der Waals surface area contributed by atoms with Gasteiger partial charge in [-0.1, -0.05) is 6.07 Å². The van der Waals surface area contributed by atoms with Gasteiger partial charge in [0.1, 0.15) is 0 Å². The van der Waals surface area contributed by atoms with Crippen molar-refractivity contribution < 1.29 is 9.59 Å². The van der Waals surface area contributed by atoms with E-state index in [1.54, 1.807) is 37.3 Å². The second-order valence-electron chi connectivity index (χ2n) is 4.63. The lowest BCUT2D eigenvalue weighted by Crippen LogP contribution is -2.17. The molecule has 0 fully saturated rings. The third-order valence-corrected chi connectivity index (χ3v) is 2.68. The molecular weight excluding hydrogens is 270 g/mol. The average molecular weight is 285 g/mol. The molecule has 2 aromatic rings. The Labute approximate surface area is 121 Å². The Bertz CT molecular complexity index is 750. The molecule has 21 heavy (non-hydrogen) atoms. The maximum absolute atomic E-state index is 12.1. The van der Waals surface area contributed by atoms with E-state index in [-0.39, 0.29) is 22.9 Å². The van der Waals surface area contributed by atoms with Gasteiger partial charge in [0.05, 0.1) is 0 Å². The number of aromatic amines is 1. The van der Waals surface area contributed by atoms with Crippen LogP contribution in [0.15, 0.2) is 41.2 Å². The van der Waals surface area contributed by atoms with E-state index >= 15 is 0 Å². The number of benzene rings is 1. The van der Waals surface area contributed by atoms with Crippen LogP contribution in [-0.2, 0) is 4.79 Å². The summed E-state index contributed by atoms with van der Waals surface area (Å²) in [5, 5.41) is 5.31. The summed E-state index contributed by atoms with van der Waals surface area (Å²) in [5.41, 5.74) is 1.68. The first-order valence-corrected chi connectivity index (χ1v) is 6.34. The number of rotatable bonds is 3. The highest BCUT2D eigenvalue weighted by Gasteiger charge is 2.08. The van der Waals surface area contributed by atoms with E-state index in [0.717, 1.165) is 0 Å². The van der Waals surface area contributed by atoms with Crippen molar-refractivity contribution in [3.63, 3.8) is 0 Å². The molecule has 0 atom stereocenters. The van der Waals surface area contributed by atoms with Crippen LogP contribution in [0.2, 0.25) is 0 Å². The largest absolute Gasteiger partial charge is 0.326 e. The maximum Gasteiger partial charge on any atom is 0.255 e. The number of H-pyrrole nitrogens is 1. The molecule has 1 aromatic heterocycles. The summed E-state index contributed by atoms with van der Waals surface area (Å²) in [6.07, 6.45) is 0. The molecule has 0 aliphatic heterocycles. The first kappa shape index (κ1) is 14.5. The Kier molecular flexibility index (Phi) is 4.18.